The molecule has 0 heterocycles. The molecule has 2 aromatic carbocycles. The summed E-state index contributed by atoms with van der Waals surface area (Å²) in [7, 11) is 0. The summed E-state index contributed by atoms with van der Waals surface area (Å²) < 4.78 is 91.5. The lowest BCUT2D eigenvalue weighted by atomic mass is 10.1. The number of benzene rings is 2. The number of anilines is 1. The lowest BCUT2D eigenvalue weighted by molar-refractivity contribution is -0.143. The predicted molar refractivity (Wildman–Crippen MR) is 79.0 cm³/mol. The fourth-order valence-electron chi connectivity index (χ4n) is 1.75. The molecule has 0 radical (unpaired) electrons. The van der Waals surface area contributed by atoms with Gasteiger partial charge in [-0.1, -0.05) is 29.3 Å². The molecular weight excluding hydrogens is 400 g/mol. The molecule has 0 amide bonds. The maximum Gasteiger partial charge on any atom is 0.422 e. The van der Waals surface area contributed by atoms with Gasteiger partial charge in [0.05, 0.1) is 11.2 Å². The number of nitrogens with zero attached hydrogens (tertiary/aromatic N) is 1. The van der Waals surface area contributed by atoms with Crippen LogP contribution in [0.1, 0.15) is 11.1 Å². The Morgan fingerprint density at radius 2 is 1.48 bits per heavy atom. The van der Waals surface area contributed by atoms with Gasteiger partial charge in [0, 0.05) is 10.6 Å². The van der Waals surface area contributed by atoms with Crippen molar-refractivity contribution in [3.8, 4) is 0 Å². The first-order valence-corrected chi connectivity index (χ1v) is 6.97. The van der Waals surface area contributed by atoms with E-state index in [-0.39, 0.29) is 10.6 Å². The Balaban J connectivity index is 2.39. The van der Waals surface area contributed by atoms with Crippen LogP contribution in [-0.4, -0.2) is 6.21 Å². The molecule has 0 saturated heterocycles. The van der Waals surface area contributed by atoms with Crippen LogP contribution in [-0.2, 0) is 6.18 Å². The second kappa shape index (κ2) is 7.09. The third-order valence-corrected chi connectivity index (χ3v) is 3.45. The number of nitrogens with one attached hydrogen (secondary N) is 1. The molecule has 0 unspecified atom stereocenters. The Bertz CT molecular complexity index is 821. The van der Waals surface area contributed by atoms with E-state index in [2.05, 4.69) is 5.10 Å². The maximum absolute atomic E-state index is 13.6. The first-order chi connectivity index (χ1) is 11.5. The van der Waals surface area contributed by atoms with Gasteiger partial charge in [0.1, 0.15) is 11.3 Å². The predicted octanol–water partition coefficient (Wildman–Crippen LogP) is 6.01. The molecule has 0 spiro atoms. The van der Waals surface area contributed by atoms with E-state index in [0.717, 1.165) is 6.21 Å². The molecule has 134 valence electrons. The summed E-state index contributed by atoms with van der Waals surface area (Å²) >= 11 is 11.5. The van der Waals surface area contributed by atoms with Crippen LogP contribution >= 0.6 is 23.2 Å². The molecule has 1 N–H and O–H groups in total. The Morgan fingerprint density at radius 3 is 1.96 bits per heavy atom. The molecule has 11 heteroatoms. The molecule has 0 bridgehead atoms. The van der Waals surface area contributed by atoms with Gasteiger partial charge >= 0.3 is 6.18 Å². The van der Waals surface area contributed by atoms with Gasteiger partial charge in [-0.05, 0) is 12.1 Å². The quantitative estimate of drug-likeness (QED) is 0.288. The fraction of sp³-hybridized carbons (Fsp3) is 0.0714. The van der Waals surface area contributed by atoms with E-state index in [1.54, 1.807) is 5.43 Å². The normalized spacial score (nSPS) is 12.0. The molecular formula is C14H5Cl2F7N2. The summed E-state index contributed by atoms with van der Waals surface area (Å²) in [4.78, 5) is 0. The van der Waals surface area contributed by atoms with Crippen LogP contribution in [0.2, 0.25) is 10.0 Å². The molecule has 0 atom stereocenters. The number of alkyl halides is 3. The van der Waals surface area contributed by atoms with Gasteiger partial charge < -0.3 is 0 Å². The Hall–Kier alpha value is -2.00. The van der Waals surface area contributed by atoms with E-state index in [4.69, 9.17) is 23.2 Å². The van der Waals surface area contributed by atoms with E-state index >= 15 is 0 Å². The molecule has 2 rings (SSSR count). The van der Waals surface area contributed by atoms with Crippen LogP contribution in [0.4, 0.5) is 36.4 Å². The molecule has 0 fully saturated rings. The monoisotopic (exact) mass is 404 g/mol. The largest absolute Gasteiger partial charge is 0.422 e. The topological polar surface area (TPSA) is 24.4 Å². The zero-order chi connectivity index (χ0) is 18.9. The van der Waals surface area contributed by atoms with Crippen LogP contribution in [0.5, 0.6) is 0 Å². The lowest BCUT2D eigenvalue weighted by Crippen LogP contribution is -2.16. The minimum atomic E-state index is -5.62. The van der Waals surface area contributed by atoms with Crippen molar-refractivity contribution in [1.29, 1.82) is 0 Å². The summed E-state index contributed by atoms with van der Waals surface area (Å²) in [5.74, 6) is -9.72. The highest BCUT2D eigenvalue weighted by Crippen LogP contribution is 2.38. The van der Waals surface area contributed by atoms with Crippen molar-refractivity contribution >= 4 is 35.1 Å². The number of rotatable bonds is 3. The Kier molecular flexibility index (Phi) is 5.48. The van der Waals surface area contributed by atoms with Crippen molar-refractivity contribution in [1.82, 2.24) is 0 Å². The zero-order valence-electron chi connectivity index (χ0n) is 11.7. The summed E-state index contributed by atoms with van der Waals surface area (Å²) in [6, 6.07) is 4.10. The van der Waals surface area contributed by atoms with Crippen LogP contribution in [0.15, 0.2) is 23.3 Å². The third-order valence-electron chi connectivity index (χ3n) is 2.89. The lowest BCUT2D eigenvalue weighted by Gasteiger charge is -2.13. The van der Waals surface area contributed by atoms with Crippen molar-refractivity contribution in [2.45, 2.75) is 6.18 Å². The summed E-state index contributed by atoms with van der Waals surface area (Å²) in [5, 5.41) is 3.69. The molecule has 0 aliphatic rings. The highest BCUT2D eigenvalue weighted by Gasteiger charge is 2.42. The number of hydrazone groups is 1. The first kappa shape index (κ1) is 19.3. The first-order valence-electron chi connectivity index (χ1n) is 6.21. The minimum absolute atomic E-state index is 0.101. The number of halogens is 9. The van der Waals surface area contributed by atoms with Gasteiger partial charge in [-0.15, -0.1) is 0 Å². The summed E-state index contributed by atoms with van der Waals surface area (Å²) in [6.45, 7) is 0. The molecule has 0 aliphatic carbocycles. The van der Waals surface area contributed by atoms with E-state index < -0.39 is 40.7 Å². The van der Waals surface area contributed by atoms with Crippen molar-refractivity contribution in [2.24, 2.45) is 5.10 Å². The Morgan fingerprint density at radius 1 is 0.920 bits per heavy atom. The van der Waals surface area contributed by atoms with Crippen LogP contribution in [0.3, 0.4) is 0 Å². The smallest absolute Gasteiger partial charge is 0.272 e. The molecule has 0 aliphatic heterocycles. The number of hydrogen-bond donors (Lipinski definition) is 1. The zero-order valence-corrected chi connectivity index (χ0v) is 13.2. The van der Waals surface area contributed by atoms with Gasteiger partial charge in [0.25, 0.3) is 0 Å². The van der Waals surface area contributed by atoms with Gasteiger partial charge in [0.2, 0.25) is 0 Å². The fourth-order valence-corrected chi connectivity index (χ4v) is 2.21. The Labute approximate surface area is 145 Å². The highest BCUT2D eigenvalue weighted by molar-refractivity contribution is 6.36. The van der Waals surface area contributed by atoms with Crippen molar-refractivity contribution in [3.05, 3.63) is 62.6 Å². The van der Waals surface area contributed by atoms with E-state index in [1.807, 2.05) is 0 Å². The molecule has 2 aromatic rings. The van der Waals surface area contributed by atoms with Crippen LogP contribution in [0.25, 0.3) is 0 Å². The maximum atomic E-state index is 13.6. The highest BCUT2D eigenvalue weighted by atomic mass is 35.5. The standard InChI is InChI=1S/C14H5Cl2F7N2/c15-6-2-1-5(7(16)3-6)4-24-25-13-11(19)9(17)8(14(21,22)23)10(18)12(13)20/h1-4,25H/b24-4+. The van der Waals surface area contributed by atoms with E-state index in [9.17, 15) is 30.7 Å². The van der Waals surface area contributed by atoms with Crippen molar-refractivity contribution in [2.75, 3.05) is 5.43 Å². The van der Waals surface area contributed by atoms with Gasteiger partial charge in [-0.3, -0.25) is 5.43 Å². The van der Waals surface area contributed by atoms with E-state index in [1.165, 1.54) is 18.2 Å². The van der Waals surface area contributed by atoms with Crippen LogP contribution in [0, 0.1) is 23.3 Å². The summed E-state index contributed by atoms with van der Waals surface area (Å²) in [5.41, 5.74) is -2.37. The summed E-state index contributed by atoms with van der Waals surface area (Å²) in [6.07, 6.45) is -4.69. The van der Waals surface area contributed by atoms with Gasteiger partial charge in [-0.2, -0.15) is 18.3 Å². The number of hydrogen-bond acceptors (Lipinski definition) is 2. The van der Waals surface area contributed by atoms with Gasteiger partial charge in [-0.25, -0.2) is 17.6 Å². The SMILES string of the molecule is Fc1c(F)c(C(F)(F)F)c(F)c(F)c1N/N=C/c1ccc(Cl)cc1Cl. The average molecular weight is 405 g/mol. The van der Waals surface area contributed by atoms with Crippen LogP contribution < -0.4 is 5.43 Å². The molecule has 2 nitrogen and oxygen atoms in total. The second-order valence-electron chi connectivity index (χ2n) is 4.54. The third kappa shape index (κ3) is 3.98. The average Bonchev–Trinajstić information content (AvgIpc) is 2.49. The minimum Gasteiger partial charge on any atom is -0.272 e. The molecule has 25 heavy (non-hydrogen) atoms. The van der Waals surface area contributed by atoms with E-state index in [0.29, 0.717) is 5.02 Å². The van der Waals surface area contributed by atoms with Crippen molar-refractivity contribution < 1.29 is 30.7 Å². The van der Waals surface area contributed by atoms with Crippen molar-refractivity contribution in [3.63, 3.8) is 0 Å². The molecule has 0 aromatic heterocycles. The second-order valence-corrected chi connectivity index (χ2v) is 5.38. The molecule has 0 saturated carbocycles. The van der Waals surface area contributed by atoms with Gasteiger partial charge in [0.15, 0.2) is 23.3 Å².